The normalized spacial score (nSPS) is 17.2. The van der Waals surface area contributed by atoms with Crippen LogP contribution in [0.2, 0.25) is 0 Å². The summed E-state index contributed by atoms with van der Waals surface area (Å²) < 4.78 is 2.00. The maximum absolute atomic E-state index is 13.7. The average molecular weight is 770 g/mol. The van der Waals surface area contributed by atoms with Crippen molar-refractivity contribution >= 4 is 46.0 Å². The van der Waals surface area contributed by atoms with Crippen LogP contribution in [0.4, 0.5) is 11.5 Å². The molecule has 4 amide bonds. The molecule has 0 bridgehead atoms. The molecule has 3 aromatic heterocycles. The molecule has 0 radical (unpaired) electrons. The van der Waals surface area contributed by atoms with Crippen molar-refractivity contribution in [2.24, 2.45) is 7.05 Å². The Balaban J connectivity index is 0.900. The zero-order chi connectivity index (χ0) is 39.8. The van der Waals surface area contributed by atoms with Gasteiger partial charge in [-0.05, 0) is 79.4 Å². The van der Waals surface area contributed by atoms with Gasteiger partial charge in [0, 0.05) is 115 Å². The summed E-state index contributed by atoms with van der Waals surface area (Å²) in [5.41, 5.74) is 7.73. The first kappa shape index (κ1) is 37.6. The van der Waals surface area contributed by atoms with E-state index < -0.39 is 11.9 Å². The number of nitrogens with one attached hydrogen (secondary N) is 4. The summed E-state index contributed by atoms with van der Waals surface area (Å²) in [7, 11) is 1.96. The number of benzene rings is 2. The average Bonchev–Trinajstić information content (AvgIpc) is 3.75. The number of pyridine rings is 2. The molecule has 5 aromatic rings. The number of piperazine rings is 1. The number of amides is 4. The van der Waals surface area contributed by atoms with Crippen molar-refractivity contribution in [3.05, 3.63) is 111 Å². The largest absolute Gasteiger partial charge is 0.372 e. The highest BCUT2D eigenvalue weighted by molar-refractivity contribution is 6.08. The lowest BCUT2D eigenvalue weighted by atomic mass is 10.00. The predicted molar refractivity (Wildman–Crippen MR) is 218 cm³/mol. The molecule has 0 spiro atoms. The number of nitrogens with zero attached hydrogens (tertiary/aromatic N) is 5. The van der Waals surface area contributed by atoms with E-state index in [0.29, 0.717) is 36.3 Å². The van der Waals surface area contributed by atoms with E-state index in [0.717, 1.165) is 89.4 Å². The van der Waals surface area contributed by atoms with Crippen LogP contribution in [0.25, 0.3) is 22.0 Å². The van der Waals surface area contributed by atoms with Crippen molar-refractivity contribution in [1.82, 2.24) is 35.0 Å². The van der Waals surface area contributed by atoms with Crippen LogP contribution >= 0.6 is 0 Å². The lowest BCUT2D eigenvalue weighted by molar-refractivity contribution is -0.136. The van der Waals surface area contributed by atoms with Gasteiger partial charge >= 0.3 is 0 Å². The van der Waals surface area contributed by atoms with E-state index in [4.69, 9.17) is 4.98 Å². The van der Waals surface area contributed by atoms with Gasteiger partial charge in [-0.15, -0.1) is 0 Å². The molecule has 14 nitrogen and oxygen atoms in total. The van der Waals surface area contributed by atoms with Crippen molar-refractivity contribution in [3.63, 3.8) is 0 Å². The van der Waals surface area contributed by atoms with E-state index in [1.165, 1.54) is 0 Å². The zero-order valence-electron chi connectivity index (χ0n) is 32.5. The third-order valence-electron chi connectivity index (χ3n) is 11.4. The van der Waals surface area contributed by atoms with E-state index in [1.807, 2.05) is 73.4 Å². The van der Waals surface area contributed by atoms with Crippen molar-refractivity contribution < 1.29 is 19.2 Å². The highest BCUT2D eigenvalue weighted by atomic mass is 16.2. The van der Waals surface area contributed by atoms with E-state index in [9.17, 15) is 24.0 Å². The standard InChI is InChI=1S/C43H47N9O5/c1-4-6-27-19-26(2)47-41(55)33(27)23-45-40(54)32-20-29(21-37-30(32)13-14-49(37)3)28-9-11-38(44-22-28)51-17-15-50(16-18-51)25-46-35-8-5-7-31-34(35)24-52(43(31)57)36-10-12-39(53)48-42(36)56/h5,7-9,11,13-14,19-22,36,46H,4,6,10,12,15-18,23-25H2,1-3H3,(H,45,54)(H,47,55)(H,48,53,56). The quantitative estimate of drug-likeness (QED) is 0.145. The van der Waals surface area contributed by atoms with Gasteiger partial charge in [0.2, 0.25) is 11.8 Å². The molecule has 1 atom stereocenters. The second kappa shape index (κ2) is 15.7. The fraction of sp³-hybridized carbons (Fsp3) is 0.349. The first-order valence-electron chi connectivity index (χ1n) is 19.6. The number of hydrogen-bond donors (Lipinski definition) is 4. The van der Waals surface area contributed by atoms with E-state index in [2.05, 4.69) is 43.7 Å². The Morgan fingerprint density at radius 2 is 1.81 bits per heavy atom. The van der Waals surface area contributed by atoms with Gasteiger partial charge in [-0.25, -0.2) is 4.98 Å². The number of hydrogen-bond acceptors (Lipinski definition) is 9. The fourth-order valence-electron chi connectivity index (χ4n) is 8.29. The monoisotopic (exact) mass is 769 g/mol. The summed E-state index contributed by atoms with van der Waals surface area (Å²) in [4.78, 5) is 77.9. The molecule has 4 N–H and O–H groups in total. The highest BCUT2D eigenvalue weighted by Crippen LogP contribution is 2.33. The van der Waals surface area contributed by atoms with Gasteiger partial charge in [-0.1, -0.05) is 19.4 Å². The summed E-state index contributed by atoms with van der Waals surface area (Å²) in [5.74, 6) is -0.266. The minimum Gasteiger partial charge on any atom is -0.372 e. The summed E-state index contributed by atoms with van der Waals surface area (Å²) in [6.45, 7) is 8.19. The molecule has 2 saturated heterocycles. The molecule has 3 aliphatic heterocycles. The Morgan fingerprint density at radius 3 is 2.56 bits per heavy atom. The number of H-pyrrole nitrogens is 1. The van der Waals surface area contributed by atoms with Crippen LogP contribution in [-0.4, -0.2) is 86.9 Å². The topological polar surface area (TPSA) is 165 Å². The van der Waals surface area contributed by atoms with Crippen molar-refractivity contribution in [2.75, 3.05) is 43.1 Å². The Hall–Kier alpha value is -6.28. The van der Waals surface area contributed by atoms with Crippen LogP contribution in [0.3, 0.4) is 0 Å². The van der Waals surface area contributed by atoms with Gasteiger partial charge in [0.15, 0.2) is 0 Å². The summed E-state index contributed by atoms with van der Waals surface area (Å²) in [5, 5.41) is 9.74. The van der Waals surface area contributed by atoms with Crippen molar-refractivity contribution in [2.45, 2.75) is 58.7 Å². The number of anilines is 2. The van der Waals surface area contributed by atoms with Crippen LogP contribution in [0.15, 0.2) is 71.8 Å². The van der Waals surface area contributed by atoms with Crippen LogP contribution < -0.4 is 26.4 Å². The first-order valence-corrected chi connectivity index (χ1v) is 19.6. The maximum Gasteiger partial charge on any atom is 0.255 e. The van der Waals surface area contributed by atoms with Crippen LogP contribution in [0, 0.1) is 6.92 Å². The third-order valence-corrected chi connectivity index (χ3v) is 11.4. The van der Waals surface area contributed by atoms with Gasteiger partial charge in [-0.3, -0.25) is 34.2 Å². The number of carbonyl (C=O) groups is 4. The predicted octanol–water partition coefficient (Wildman–Crippen LogP) is 4.07. The molecular weight excluding hydrogens is 723 g/mol. The Bertz CT molecular complexity index is 2450. The molecular formula is C43H47N9O5. The number of rotatable bonds is 11. The van der Waals surface area contributed by atoms with Gasteiger partial charge < -0.3 is 30.0 Å². The van der Waals surface area contributed by atoms with E-state index in [-0.39, 0.29) is 36.2 Å². The van der Waals surface area contributed by atoms with Gasteiger partial charge in [0.25, 0.3) is 17.4 Å². The molecule has 2 aromatic carbocycles. The van der Waals surface area contributed by atoms with Crippen LogP contribution in [-0.2, 0) is 36.1 Å². The Kier molecular flexibility index (Phi) is 10.4. The van der Waals surface area contributed by atoms with Crippen molar-refractivity contribution in [1.29, 1.82) is 0 Å². The number of aromatic nitrogens is 3. The van der Waals surface area contributed by atoms with Gasteiger partial charge in [0.05, 0.1) is 6.67 Å². The van der Waals surface area contributed by atoms with Crippen molar-refractivity contribution in [3.8, 4) is 11.1 Å². The second-order valence-corrected chi connectivity index (χ2v) is 15.2. The van der Waals surface area contributed by atoms with Gasteiger partial charge in [-0.2, -0.15) is 0 Å². The number of aryl methyl sites for hydroxylation is 3. The third kappa shape index (κ3) is 7.52. The minimum absolute atomic E-state index is 0.141. The highest BCUT2D eigenvalue weighted by Gasteiger charge is 2.40. The summed E-state index contributed by atoms with van der Waals surface area (Å²) in [6.07, 6.45) is 6.01. The number of aromatic amines is 1. The number of carbonyl (C=O) groups excluding carboxylic acids is 4. The molecule has 8 rings (SSSR count). The molecule has 0 saturated carbocycles. The number of piperidine rings is 1. The zero-order valence-corrected chi connectivity index (χ0v) is 32.5. The van der Waals surface area contributed by atoms with Crippen LogP contribution in [0.1, 0.15) is 69.3 Å². The minimum atomic E-state index is -0.648. The molecule has 6 heterocycles. The lowest BCUT2D eigenvalue weighted by Gasteiger charge is -2.35. The molecule has 3 aliphatic rings. The smallest absolute Gasteiger partial charge is 0.255 e. The van der Waals surface area contributed by atoms with Crippen LogP contribution in [0.5, 0.6) is 0 Å². The molecule has 1 unspecified atom stereocenters. The molecule has 14 heteroatoms. The maximum atomic E-state index is 13.7. The number of imide groups is 1. The Morgan fingerprint density at radius 1 is 0.982 bits per heavy atom. The summed E-state index contributed by atoms with van der Waals surface area (Å²) in [6, 6.07) is 16.9. The number of fused-ring (bicyclic) bond motifs is 2. The Labute approximate surface area is 330 Å². The summed E-state index contributed by atoms with van der Waals surface area (Å²) >= 11 is 0. The molecule has 294 valence electrons. The molecule has 57 heavy (non-hydrogen) atoms. The van der Waals surface area contributed by atoms with E-state index in [1.54, 1.807) is 11.0 Å². The first-order chi connectivity index (χ1) is 27.6. The second-order valence-electron chi connectivity index (χ2n) is 15.2. The van der Waals surface area contributed by atoms with E-state index >= 15 is 0 Å². The molecule has 2 fully saturated rings. The fourth-order valence-corrected chi connectivity index (χ4v) is 8.29. The lowest BCUT2D eigenvalue weighted by Crippen LogP contribution is -2.52. The SMILES string of the molecule is CCCc1cc(C)[nH]c(=O)c1CNC(=O)c1cc(-c2ccc(N3CCN(CNc4cccc5c4CN(C4CCC(=O)NC4=O)C5=O)CC3)nc2)cc2c1ccn2C. The van der Waals surface area contributed by atoms with Gasteiger partial charge in [0.1, 0.15) is 11.9 Å². The molecule has 0 aliphatic carbocycles.